The lowest BCUT2D eigenvalue weighted by Crippen LogP contribution is -2.69. The molecule has 40 heavy (non-hydrogen) atoms. The number of nitrogens with zero attached hydrogens (tertiary/aromatic N) is 1. The van der Waals surface area contributed by atoms with Crippen LogP contribution in [0.5, 0.6) is 5.75 Å². The number of nitrogens with one attached hydrogen (secondary N) is 1. The molecule has 2 aromatic rings. The van der Waals surface area contributed by atoms with Gasteiger partial charge >= 0.3 is 6.03 Å². The Labute approximate surface area is 245 Å². The van der Waals surface area contributed by atoms with Gasteiger partial charge < -0.3 is 23.8 Å². The third-order valence-electron chi connectivity index (χ3n) is 9.21. The molecule has 1 heterocycles. The van der Waals surface area contributed by atoms with E-state index < -0.39 is 16.6 Å². The molecular formula is C32H52N2O4Si2. The lowest BCUT2D eigenvalue weighted by atomic mass is 9.93. The average molecular weight is 585 g/mol. The molecule has 8 heteroatoms. The quantitative estimate of drug-likeness (QED) is 0.292. The summed E-state index contributed by atoms with van der Waals surface area (Å²) in [4.78, 5) is 15.8. The van der Waals surface area contributed by atoms with Crippen molar-refractivity contribution in [3.63, 3.8) is 0 Å². The standard InChI is InChI=1S/C32H52N2O4Si2/c1-31(2,3)39(8,9)37-23-28-29(38-40(10,11)32(4,5)6)27(21-24-15-13-12-14-16-24)33-30(35)34(28)22-25-17-19-26(36-7)20-18-25/h12-20,27-29H,21-23H2,1-11H3,(H,33,35)/t27-,28-,29+/m1/s1. The predicted octanol–water partition coefficient (Wildman–Crippen LogP) is 7.61. The van der Waals surface area contributed by atoms with E-state index in [1.54, 1.807) is 7.11 Å². The smallest absolute Gasteiger partial charge is 0.318 e. The van der Waals surface area contributed by atoms with Crippen molar-refractivity contribution in [1.82, 2.24) is 10.2 Å². The second-order valence-corrected chi connectivity index (χ2v) is 23.8. The molecule has 2 amide bonds. The highest BCUT2D eigenvalue weighted by atomic mass is 28.4. The average Bonchev–Trinajstić information content (AvgIpc) is 2.85. The van der Waals surface area contributed by atoms with Gasteiger partial charge in [0.2, 0.25) is 0 Å². The van der Waals surface area contributed by atoms with Crippen LogP contribution in [0.25, 0.3) is 0 Å². The van der Waals surface area contributed by atoms with Crippen molar-refractivity contribution in [1.29, 1.82) is 0 Å². The van der Waals surface area contributed by atoms with Gasteiger partial charge in [0.25, 0.3) is 0 Å². The van der Waals surface area contributed by atoms with E-state index in [4.69, 9.17) is 13.6 Å². The maximum absolute atomic E-state index is 13.9. The molecule has 0 aromatic heterocycles. The molecule has 1 fully saturated rings. The normalized spacial score (nSPS) is 20.8. The first-order valence-corrected chi connectivity index (χ1v) is 20.3. The number of hydrogen-bond donors (Lipinski definition) is 1. The number of amides is 2. The molecular weight excluding hydrogens is 533 g/mol. The fourth-order valence-electron chi connectivity index (χ4n) is 4.44. The summed E-state index contributed by atoms with van der Waals surface area (Å²) in [6, 6.07) is 17.9. The van der Waals surface area contributed by atoms with Gasteiger partial charge in [0, 0.05) is 6.54 Å². The van der Waals surface area contributed by atoms with Gasteiger partial charge in [-0.3, -0.25) is 0 Å². The van der Waals surface area contributed by atoms with E-state index in [2.05, 4.69) is 97.3 Å². The first kappa shape index (κ1) is 32.4. The van der Waals surface area contributed by atoms with E-state index in [0.29, 0.717) is 19.6 Å². The molecule has 1 aliphatic heterocycles. The van der Waals surface area contributed by atoms with Gasteiger partial charge in [0.05, 0.1) is 31.9 Å². The van der Waals surface area contributed by atoms with E-state index in [0.717, 1.165) is 11.3 Å². The molecule has 0 aliphatic carbocycles. The monoisotopic (exact) mass is 584 g/mol. The number of rotatable bonds is 10. The maximum Gasteiger partial charge on any atom is 0.318 e. The second kappa shape index (κ2) is 12.4. The number of carbonyl (C=O) groups is 1. The van der Waals surface area contributed by atoms with Crippen molar-refractivity contribution < 1.29 is 18.4 Å². The Bertz CT molecular complexity index is 1110. The number of carbonyl (C=O) groups excluding carboxylic acids is 1. The first-order valence-electron chi connectivity index (χ1n) is 14.5. The summed E-state index contributed by atoms with van der Waals surface area (Å²) in [6.45, 7) is 23.6. The molecule has 3 atom stereocenters. The van der Waals surface area contributed by atoms with Gasteiger partial charge in [-0.05, 0) is 65.9 Å². The number of ether oxygens (including phenoxy) is 1. The Morgan fingerprint density at radius 3 is 1.93 bits per heavy atom. The van der Waals surface area contributed by atoms with Gasteiger partial charge in [-0.2, -0.15) is 0 Å². The zero-order chi connectivity index (χ0) is 29.9. The van der Waals surface area contributed by atoms with Crippen LogP contribution in [0.15, 0.2) is 54.6 Å². The van der Waals surface area contributed by atoms with Crippen molar-refractivity contribution in [3.05, 3.63) is 65.7 Å². The molecule has 3 rings (SSSR count). The summed E-state index contributed by atoms with van der Waals surface area (Å²) in [7, 11) is -2.62. The minimum absolute atomic E-state index is 0.0252. The number of urea groups is 1. The summed E-state index contributed by atoms with van der Waals surface area (Å²) in [5, 5.41) is 3.44. The van der Waals surface area contributed by atoms with Gasteiger partial charge in [-0.1, -0.05) is 84.0 Å². The van der Waals surface area contributed by atoms with E-state index in [1.807, 2.05) is 35.2 Å². The van der Waals surface area contributed by atoms with Crippen LogP contribution in [0.3, 0.4) is 0 Å². The van der Waals surface area contributed by atoms with Gasteiger partial charge in [0.1, 0.15) is 5.75 Å². The van der Waals surface area contributed by atoms with Crippen LogP contribution < -0.4 is 10.1 Å². The van der Waals surface area contributed by atoms with Gasteiger partial charge in [-0.15, -0.1) is 0 Å². The van der Waals surface area contributed by atoms with Crippen molar-refractivity contribution in [2.45, 2.75) is 109 Å². The molecule has 2 aromatic carbocycles. The summed E-state index contributed by atoms with van der Waals surface area (Å²) in [5.41, 5.74) is 2.23. The third-order valence-corrected chi connectivity index (χ3v) is 18.2. The van der Waals surface area contributed by atoms with Crippen molar-refractivity contribution in [2.75, 3.05) is 13.7 Å². The van der Waals surface area contributed by atoms with E-state index >= 15 is 0 Å². The Morgan fingerprint density at radius 1 is 0.825 bits per heavy atom. The van der Waals surface area contributed by atoms with Crippen LogP contribution in [0.4, 0.5) is 4.79 Å². The summed E-state index contributed by atoms with van der Waals surface area (Å²) in [5.74, 6) is 0.798. The van der Waals surface area contributed by atoms with Crippen LogP contribution >= 0.6 is 0 Å². The molecule has 0 spiro atoms. The van der Waals surface area contributed by atoms with Crippen molar-refractivity contribution >= 4 is 22.7 Å². The number of methoxy groups -OCH3 is 1. The van der Waals surface area contributed by atoms with Crippen LogP contribution in [0.2, 0.25) is 36.3 Å². The SMILES string of the molecule is COc1ccc(CN2C(=O)N[C@H](Cc3ccccc3)[C@H](O[Si](C)(C)C(C)(C)C)[C@H]2CO[Si](C)(C)C(C)(C)C)cc1. The van der Waals surface area contributed by atoms with Crippen LogP contribution in [0.1, 0.15) is 52.7 Å². The second-order valence-electron chi connectivity index (χ2n) is 14.2. The highest BCUT2D eigenvalue weighted by Crippen LogP contribution is 2.41. The molecule has 222 valence electrons. The summed E-state index contributed by atoms with van der Waals surface area (Å²) >= 11 is 0. The number of benzene rings is 2. The molecule has 1 aliphatic rings. The minimum atomic E-state index is -2.20. The Balaban J connectivity index is 2.05. The predicted molar refractivity (Wildman–Crippen MR) is 170 cm³/mol. The van der Waals surface area contributed by atoms with E-state index in [9.17, 15) is 4.79 Å². The van der Waals surface area contributed by atoms with E-state index in [-0.39, 0.29) is 34.3 Å². The highest BCUT2D eigenvalue weighted by Gasteiger charge is 2.49. The van der Waals surface area contributed by atoms with E-state index in [1.165, 1.54) is 5.56 Å². The van der Waals surface area contributed by atoms with Gasteiger partial charge in [0.15, 0.2) is 16.6 Å². The lowest BCUT2D eigenvalue weighted by Gasteiger charge is -2.51. The Morgan fingerprint density at radius 2 is 1.40 bits per heavy atom. The molecule has 0 saturated carbocycles. The maximum atomic E-state index is 13.9. The largest absolute Gasteiger partial charge is 0.497 e. The molecule has 0 bridgehead atoms. The summed E-state index contributed by atoms with van der Waals surface area (Å²) in [6.07, 6.45) is 0.487. The zero-order valence-corrected chi connectivity index (χ0v) is 28.6. The molecule has 0 radical (unpaired) electrons. The van der Waals surface area contributed by atoms with Crippen LogP contribution in [0, 0.1) is 0 Å². The molecule has 1 saturated heterocycles. The molecule has 0 unspecified atom stereocenters. The van der Waals surface area contributed by atoms with Gasteiger partial charge in [-0.25, -0.2) is 4.79 Å². The Kier molecular flexibility index (Phi) is 10.0. The first-order chi connectivity index (χ1) is 18.4. The molecule has 6 nitrogen and oxygen atoms in total. The van der Waals surface area contributed by atoms with Crippen LogP contribution in [-0.2, 0) is 21.8 Å². The fourth-order valence-corrected chi connectivity index (χ4v) is 6.82. The topological polar surface area (TPSA) is 60.0 Å². The summed E-state index contributed by atoms with van der Waals surface area (Å²) < 4.78 is 19.4. The number of hydrogen-bond acceptors (Lipinski definition) is 4. The zero-order valence-electron chi connectivity index (χ0n) is 26.6. The minimum Gasteiger partial charge on any atom is -0.497 e. The molecule has 1 N–H and O–H groups in total. The third kappa shape index (κ3) is 7.78. The highest BCUT2D eigenvalue weighted by molar-refractivity contribution is 6.74. The van der Waals surface area contributed by atoms with Crippen LogP contribution in [-0.4, -0.2) is 59.5 Å². The van der Waals surface area contributed by atoms with Crippen molar-refractivity contribution in [3.8, 4) is 5.75 Å². The fraction of sp³-hybridized carbons (Fsp3) is 0.594. The lowest BCUT2D eigenvalue weighted by molar-refractivity contribution is -0.00220. The van der Waals surface area contributed by atoms with Crippen molar-refractivity contribution in [2.24, 2.45) is 0 Å². The Hall–Kier alpha value is -2.14.